The maximum absolute atomic E-state index is 12.1. The van der Waals surface area contributed by atoms with E-state index in [4.69, 9.17) is 0 Å². The zero-order valence-corrected chi connectivity index (χ0v) is 13.1. The van der Waals surface area contributed by atoms with Crippen molar-refractivity contribution in [2.75, 3.05) is 5.32 Å². The number of carbonyl (C=O) groups excluding carboxylic acids is 2. The van der Waals surface area contributed by atoms with Crippen molar-refractivity contribution < 1.29 is 9.59 Å². The van der Waals surface area contributed by atoms with Gasteiger partial charge in [-0.2, -0.15) is 0 Å². The van der Waals surface area contributed by atoms with Gasteiger partial charge in [0.1, 0.15) is 5.69 Å². The van der Waals surface area contributed by atoms with E-state index >= 15 is 0 Å². The summed E-state index contributed by atoms with van der Waals surface area (Å²) in [5.74, 6) is 0.205. The lowest BCUT2D eigenvalue weighted by Crippen LogP contribution is -2.26. The Labute approximate surface area is 134 Å². The largest absolute Gasteiger partial charge is 0.348 e. The predicted molar refractivity (Wildman–Crippen MR) is 87.0 cm³/mol. The van der Waals surface area contributed by atoms with Crippen LogP contribution in [-0.4, -0.2) is 27.7 Å². The number of hydrogen-bond acceptors (Lipinski definition) is 5. The Bertz CT molecular complexity index is 752. The van der Waals surface area contributed by atoms with E-state index in [1.54, 1.807) is 30.3 Å². The molecule has 0 saturated heterocycles. The van der Waals surface area contributed by atoms with Gasteiger partial charge >= 0.3 is 0 Å². The molecule has 0 atom stereocenters. The summed E-state index contributed by atoms with van der Waals surface area (Å²) in [5, 5.41) is 5.98. The van der Waals surface area contributed by atoms with Crippen molar-refractivity contribution in [1.82, 2.24) is 15.3 Å². The van der Waals surface area contributed by atoms with Gasteiger partial charge < -0.3 is 10.6 Å². The zero-order valence-electron chi connectivity index (χ0n) is 13.1. The van der Waals surface area contributed by atoms with E-state index in [1.807, 2.05) is 6.92 Å². The molecular weight excluding hydrogens is 292 g/mol. The van der Waals surface area contributed by atoms with E-state index in [-0.39, 0.29) is 17.7 Å². The van der Waals surface area contributed by atoms with Crippen LogP contribution in [0.2, 0.25) is 0 Å². The molecule has 1 aliphatic rings. The summed E-state index contributed by atoms with van der Waals surface area (Å²) in [7, 11) is 0. The molecule has 1 aliphatic carbocycles. The fourth-order valence-corrected chi connectivity index (χ4v) is 2.15. The Hall–Kier alpha value is -2.76. The van der Waals surface area contributed by atoms with Crippen LogP contribution in [0.15, 0.2) is 30.3 Å². The quantitative estimate of drug-likeness (QED) is 0.829. The predicted octanol–water partition coefficient (Wildman–Crippen LogP) is 2.62. The fourth-order valence-electron chi connectivity index (χ4n) is 2.15. The highest BCUT2D eigenvalue weighted by atomic mass is 16.2. The highest BCUT2D eigenvalue weighted by Gasteiger charge is 2.24. The Morgan fingerprint density at radius 3 is 2.43 bits per heavy atom. The topological polar surface area (TPSA) is 84.0 Å². The molecule has 0 bridgehead atoms. The van der Waals surface area contributed by atoms with E-state index in [0.717, 1.165) is 18.5 Å². The molecule has 1 heterocycles. The van der Waals surface area contributed by atoms with Gasteiger partial charge in [0, 0.05) is 23.0 Å². The van der Waals surface area contributed by atoms with E-state index in [0.29, 0.717) is 22.9 Å². The van der Waals surface area contributed by atoms with Crippen LogP contribution in [0.4, 0.5) is 11.6 Å². The van der Waals surface area contributed by atoms with E-state index in [1.165, 1.54) is 6.92 Å². The summed E-state index contributed by atoms with van der Waals surface area (Å²) in [5.41, 5.74) is 2.47. The van der Waals surface area contributed by atoms with Crippen molar-refractivity contribution in [1.29, 1.82) is 0 Å². The van der Waals surface area contributed by atoms with Crippen LogP contribution >= 0.6 is 0 Å². The van der Waals surface area contributed by atoms with Gasteiger partial charge in [-0.3, -0.25) is 9.59 Å². The van der Waals surface area contributed by atoms with Crippen molar-refractivity contribution in [3.05, 3.63) is 47.3 Å². The van der Waals surface area contributed by atoms with Crippen LogP contribution in [0, 0.1) is 6.92 Å². The molecule has 0 spiro atoms. The lowest BCUT2D eigenvalue weighted by atomic mass is 10.1. The number of Topliss-reactive ketones (excluding diaryl/α,β-unsaturated/α-hetero) is 1. The number of anilines is 2. The van der Waals surface area contributed by atoms with Gasteiger partial charge in [0.15, 0.2) is 5.78 Å². The average molecular weight is 310 g/mol. The smallest absolute Gasteiger partial charge is 0.270 e. The Balaban J connectivity index is 1.77. The normalized spacial score (nSPS) is 13.5. The van der Waals surface area contributed by atoms with E-state index in [2.05, 4.69) is 20.6 Å². The number of hydrogen-bond donors (Lipinski definition) is 2. The molecule has 2 aromatic rings. The van der Waals surface area contributed by atoms with Crippen LogP contribution in [-0.2, 0) is 0 Å². The minimum absolute atomic E-state index is 0.0161. The summed E-state index contributed by atoms with van der Waals surface area (Å²) in [6, 6.07) is 9.00. The third-order valence-corrected chi connectivity index (χ3v) is 3.55. The third-order valence-electron chi connectivity index (χ3n) is 3.55. The molecule has 0 aliphatic heterocycles. The second kappa shape index (κ2) is 6.16. The summed E-state index contributed by atoms with van der Waals surface area (Å²) >= 11 is 0. The first kappa shape index (κ1) is 15.1. The summed E-state index contributed by atoms with van der Waals surface area (Å²) < 4.78 is 0. The number of aryl methyl sites for hydroxylation is 1. The number of ketones is 1. The van der Waals surface area contributed by atoms with Gasteiger partial charge in [-0.1, -0.05) is 0 Å². The molecule has 0 unspecified atom stereocenters. The van der Waals surface area contributed by atoms with Crippen molar-refractivity contribution in [3.63, 3.8) is 0 Å². The average Bonchev–Trinajstić information content (AvgIpc) is 3.31. The minimum Gasteiger partial charge on any atom is -0.348 e. The van der Waals surface area contributed by atoms with Crippen LogP contribution in [0.25, 0.3) is 0 Å². The Morgan fingerprint density at radius 1 is 1.13 bits per heavy atom. The zero-order chi connectivity index (χ0) is 16.4. The van der Waals surface area contributed by atoms with Gasteiger partial charge in [-0.05, 0) is 57.0 Å². The van der Waals surface area contributed by atoms with Crippen LogP contribution in [0.3, 0.4) is 0 Å². The van der Waals surface area contributed by atoms with Crippen molar-refractivity contribution in [3.8, 4) is 0 Å². The molecule has 6 nitrogen and oxygen atoms in total. The Morgan fingerprint density at radius 2 is 1.83 bits per heavy atom. The molecule has 1 fully saturated rings. The number of nitrogens with one attached hydrogen (secondary N) is 2. The maximum atomic E-state index is 12.1. The molecule has 3 rings (SSSR count). The summed E-state index contributed by atoms with van der Waals surface area (Å²) in [6.45, 7) is 3.34. The molecule has 118 valence electrons. The van der Waals surface area contributed by atoms with Gasteiger partial charge in [-0.25, -0.2) is 9.97 Å². The van der Waals surface area contributed by atoms with Crippen molar-refractivity contribution >= 4 is 23.3 Å². The summed E-state index contributed by atoms with van der Waals surface area (Å²) in [4.78, 5) is 31.9. The number of nitrogens with zero attached hydrogens (tertiary/aromatic N) is 2. The first-order chi connectivity index (χ1) is 11.0. The first-order valence-electron chi connectivity index (χ1n) is 7.56. The third kappa shape index (κ3) is 3.91. The number of aromatic nitrogens is 2. The number of rotatable bonds is 5. The SMILES string of the molecule is CC(=O)c1ccc(Nc2nc(C)cc(C(=O)NC3CC3)n2)cc1. The van der Waals surface area contributed by atoms with Crippen molar-refractivity contribution in [2.24, 2.45) is 0 Å². The molecule has 23 heavy (non-hydrogen) atoms. The molecule has 2 N–H and O–H groups in total. The van der Waals surface area contributed by atoms with Crippen LogP contribution in [0.5, 0.6) is 0 Å². The molecule has 6 heteroatoms. The number of carbonyl (C=O) groups is 2. The van der Waals surface area contributed by atoms with Gasteiger partial charge in [0.05, 0.1) is 0 Å². The minimum atomic E-state index is -0.173. The fraction of sp³-hybridized carbons (Fsp3) is 0.294. The second-order valence-electron chi connectivity index (χ2n) is 5.72. The first-order valence-corrected chi connectivity index (χ1v) is 7.56. The monoisotopic (exact) mass is 310 g/mol. The molecule has 0 radical (unpaired) electrons. The number of amides is 1. The molecule has 1 amide bonds. The highest BCUT2D eigenvalue weighted by molar-refractivity contribution is 5.94. The van der Waals surface area contributed by atoms with Gasteiger partial charge in [-0.15, -0.1) is 0 Å². The number of benzene rings is 1. The molecule has 1 saturated carbocycles. The lowest BCUT2D eigenvalue weighted by Gasteiger charge is -2.09. The molecule has 1 aromatic carbocycles. The lowest BCUT2D eigenvalue weighted by molar-refractivity contribution is 0.0945. The van der Waals surface area contributed by atoms with Crippen LogP contribution in [0.1, 0.15) is 46.3 Å². The maximum Gasteiger partial charge on any atom is 0.270 e. The summed E-state index contributed by atoms with van der Waals surface area (Å²) in [6.07, 6.45) is 2.06. The van der Waals surface area contributed by atoms with Crippen LogP contribution < -0.4 is 10.6 Å². The van der Waals surface area contributed by atoms with Gasteiger partial charge in [0.2, 0.25) is 5.95 Å². The molecule has 1 aromatic heterocycles. The van der Waals surface area contributed by atoms with Gasteiger partial charge in [0.25, 0.3) is 5.91 Å². The standard InChI is InChI=1S/C17H18N4O2/c1-10-9-15(16(23)19-13-7-8-13)21-17(18-10)20-14-5-3-12(4-6-14)11(2)22/h3-6,9,13H,7-8H2,1-2H3,(H,19,23)(H,18,20,21). The Kier molecular flexibility index (Phi) is 4.06. The molecular formula is C17H18N4O2. The highest BCUT2D eigenvalue weighted by Crippen LogP contribution is 2.20. The van der Waals surface area contributed by atoms with Crippen molar-refractivity contribution in [2.45, 2.75) is 32.7 Å². The van der Waals surface area contributed by atoms with E-state index in [9.17, 15) is 9.59 Å². The second-order valence-corrected chi connectivity index (χ2v) is 5.72. The van der Waals surface area contributed by atoms with E-state index < -0.39 is 0 Å².